The molecule has 6 heteroatoms. The van der Waals surface area contributed by atoms with Crippen LogP contribution in [0.15, 0.2) is 36.4 Å². The summed E-state index contributed by atoms with van der Waals surface area (Å²) in [4.78, 5) is 41.6. The Labute approximate surface area is 164 Å². The molecule has 0 radical (unpaired) electrons. The Morgan fingerprint density at radius 1 is 0.929 bits per heavy atom. The highest BCUT2D eigenvalue weighted by Gasteiger charge is 2.56. The Bertz CT molecular complexity index is 809. The number of carbonyl (C=O) groups excluding carboxylic acids is 3. The average Bonchev–Trinajstić information content (AvgIpc) is 3.03. The van der Waals surface area contributed by atoms with Crippen molar-refractivity contribution in [1.29, 1.82) is 0 Å². The van der Waals surface area contributed by atoms with Crippen molar-refractivity contribution in [3.05, 3.63) is 42.0 Å². The van der Waals surface area contributed by atoms with Crippen LogP contribution in [0.5, 0.6) is 0 Å². The second kappa shape index (κ2) is 6.85. The lowest BCUT2D eigenvalue weighted by Gasteiger charge is -2.38. The first-order valence-corrected chi connectivity index (χ1v) is 10.1. The zero-order valence-electron chi connectivity index (χ0n) is 15.8. The lowest BCUT2D eigenvalue weighted by atomic mass is 9.63. The van der Waals surface area contributed by atoms with Crippen LogP contribution < -0.4 is 4.90 Å². The Hall–Kier alpha value is -2.47. The van der Waals surface area contributed by atoms with E-state index >= 15 is 0 Å². The number of allylic oxidation sites excluding steroid dienone is 2. The molecule has 2 aliphatic heterocycles. The van der Waals surface area contributed by atoms with Gasteiger partial charge in [-0.05, 0) is 42.4 Å². The molecular formula is C22H24N2O4. The molecule has 146 valence electrons. The van der Waals surface area contributed by atoms with E-state index in [1.54, 1.807) is 12.1 Å². The van der Waals surface area contributed by atoms with Crippen molar-refractivity contribution in [1.82, 2.24) is 4.90 Å². The fourth-order valence-corrected chi connectivity index (χ4v) is 5.19. The lowest BCUT2D eigenvalue weighted by Crippen LogP contribution is -2.41. The van der Waals surface area contributed by atoms with Crippen molar-refractivity contribution in [3.63, 3.8) is 0 Å². The van der Waals surface area contributed by atoms with Gasteiger partial charge in [0.25, 0.3) is 0 Å². The van der Waals surface area contributed by atoms with Gasteiger partial charge in [-0.25, -0.2) is 0 Å². The number of rotatable bonds is 3. The van der Waals surface area contributed by atoms with E-state index in [1.807, 2.05) is 17.0 Å². The number of benzene rings is 1. The number of nitrogens with zero attached hydrogens (tertiary/aromatic N) is 2. The second-order valence-electron chi connectivity index (χ2n) is 8.19. The molecule has 5 aliphatic rings. The average molecular weight is 380 g/mol. The van der Waals surface area contributed by atoms with Gasteiger partial charge in [0.15, 0.2) is 0 Å². The van der Waals surface area contributed by atoms with Crippen LogP contribution in [0.3, 0.4) is 0 Å². The quantitative estimate of drug-likeness (QED) is 0.592. The zero-order chi connectivity index (χ0) is 19.3. The molecule has 2 saturated heterocycles. The Balaban J connectivity index is 1.31. The summed E-state index contributed by atoms with van der Waals surface area (Å²) in [5.74, 6) is -0.0446. The summed E-state index contributed by atoms with van der Waals surface area (Å²) in [7, 11) is 0. The maximum atomic E-state index is 13.0. The molecule has 4 atom stereocenters. The van der Waals surface area contributed by atoms with Crippen molar-refractivity contribution in [3.8, 4) is 0 Å². The van der Waals surface area contributed by atoms with Crippen LogP contribution in [0.4, 0.5) is 5.69 Å². The minimum atomic E-state index is -0.196. The molecule has 1 aromatic carbocycles. The van der Waals surface area contributed by atoms with Gasteiger partial charge in [0.1, 0.15) is 0 Å². The van der Waals surface area contributed by atoms with E-state index in [-0.39, 0.29) is 41.4 Å². The largest absolute Gasteiger partial charge is 0.378 e. The maximum Gasteiger partial charge on any atom is 0.238 e. The van der Waals surface area contributed by atoms with E-state index in [4.69, 9.17) is 4.74 Å². The van der Waals surface area contributed by atoms with Crippen molar-refractivity contribution < 1.29 is 19.1 Å². The molecule has 28 heavy (non-hydrogen) atoms. The van der Waals surface area contributed by atoms with E-state index in [2.05, 4.69) is 12.2 Å². The van der Waals surface area contributed by atoms with E-state index < -0.39 is 0 Å². The fourth-order valence-electron chi connectivity index (χ4n) is 5.19. The third-order valence-electron chi connectivity index (χ3n) is 6.67. The minimum Gasteiger partial charge on any atom is -0.378 e. The molecule has 3 amide bonds. The van der Waals surface area contributed by atoms with Crippen molar-refractivity contribution >= 4 is 23.4 Å². The van der Waals surface area contributed by atoms with Crippen LogP contribution in [0.1, 0.15) is 18.4 Å². The number of hydrogen-bond acceptors (Lipinski definition) is 4. The van der Waals surface area contributed by atoms with Gasteiger partial charge in [-0.3, -0.25) is 19.3 Å². The molecule has 0 aromatic heterocycles. The highest BCUT2D eigenvalue weighted by atomic mass is 16.5. The first-order valence-electron chi connectivity index (χ1n) is 10.1. The summed E-state index contributed by atoms with van der Waals surface area (Å²) in [6.07, 6.45) is 6.58. The molecule has 6 rings (SSSR count). The Kier molecular flexibility index (Phi) is 4.31. The van der Waals surface area contributed by atoms with Crippen LogP contribution in [-0.2, 0) is 25.5 Å². The Morgan fingerprint density at radius 2 is 1.50 bits per heavy atom. The molecule has 0 spiro atoms. The summed E-state index contributed by atoms with van der Waals surface area (Å²) < 4.78 is 5.28. The third kappa shape index (κ3) is 2.78. The number of imide groups is 1. The number of morpholine rings is 1. The molecule has 2 bridgehead atoms. The van der Waals surface area contributed by atoms with Crippen molar-refractivity contribution in [2.24, 2.45) is 23.7 Å². The summed E-state index contributed by atoms with van der Waals surface area (Å²) in [5.41, 5.74) is 1.50. The fraction of sp³-hybridized carbons (Fsp3) is 0.500. The summed E-state index contributed by atoms with van der Waals surface area (Å²) in [5, 5.41) is 0. The molecule has 2 heterocycles. The van der Waals surface area contributed by atoms with E-state index in [9.17, 15) is 14.4 Å². The first-order chi connectivity index (χ1) is 13.6. The van der Waals surface area contributed by atoms with Gasteiger partial charge in [0.05, 0.1) is 37.2 Å². The summed E-state index contributed by atoms with van der Waals surface area (Å²) >= 11 is 0. The number of fused-ring (bicyclic) bond motifs is 1. The molecule has 6 nitrogen and oxygen atoms in total. The van der Waals surface area contributed by atoms with Gasteiger partial charge in [0, 0.05) is 13.1 Å². The molecule has 1 saturated carbocycles. The van der Waals surface area contributed by atoms with E-state index in [0.29, 0.717) is 38.4 Å². The number of amides is 3. The molecule has 1 aromatic rings. The van der Waals surface area contributed by atoms with Gasteiger partial charge < -0.3 is 9.64 Å². The SMILES string of the molecule is O=C(Cc1ccc(N2C(=O)C3C4C=CC(CC4)C3C2=O)cc1)N1CCOCC1. The highest BCUT2D eigenvalue weighted by Crippen LogP contribution is 2.50. The predicted octanol–water partition coefficient (Wildman–Crippen LogP) is 1.79. The number of ether oxygens (including phenoxy) is 1. The van der Waals surface area contributed by atoms with E-state index in [1.165, 1.54) is 4.90 Å². The van der Waals surface area contributed by atoms with Gasteiger partial charge in [-0.15, -0.1) is 0 Å². The second-order valence-corrected chi connectivity index (χ2v) is 8.19. The topological polar surface area (TPSA) is 66.9 Å². The van der Waals surface area contributed by atoms with Crippen molar-refractivity contribution in [2.45, 2.75) is 19.3 Å². The predicted molar refractivity (Wildman–Crippen MR) is 102 cm³/mol. The van der Waals surface area contributed by atoms with Gasteiger partial charge in [-0.1, -0.05) is 24.3 Å². The van der Waals surface area contributed by atoms with Gasteiger partial charge >= 0.3 is 0 Å². The van der Waals surface area contributed by atoms with E-state index in [0.717, 1.165) is 18.4 Å². The Morgan fingerprint density at radius 3 is 2.04 bits per heavy atom. The summed E-state index contributed by atoms with van der Waals surface area (Å²) in [6.45, 7) is 2.44. The first kappa shape index (κ1) is 17.6. The van der Waals surface area contributed by atoms with Gasteiger partial charge in [-0.2, -0.15) is 0 Å². The van der Waals surface area contributed by atoms with Crippen LogP contribution in [0.25, 0.3) is 0 Å². The maximum absolute atomic E-state index is 13.0. The third-order valence-corrected chi connectivity index (χ3v) is 6.67. The normalized spacial score (nSPS) is 31.4. The number of carbonyl (C=O) groups is 3. The summed E-state index contributed by atoms with van der Waals surface area (Å²) in [6, 6.07) is 7.29. The van der Waals surface area contributed by atoms with Gasteiger partial charge in [0.2, 0.25) is 17.7 Å². The van der Waals surface area contributed by atoms with Crippen LogP contribution in [0, 0.1) is 23.7 Å². The molecular weight excluding hydrogens is 356 g/mol. The molecule has 4 unspecified atom stereocenters. The van der Waals surface area contributed by atoms with Crippen LogP contribution in [-0.4, -0.2) is 48.9 Å². The standard InChI is InChI=1S/C22H24N2O4/c25-18(23-9-11-28-12-10-23)13-14-1-7-17(8-2-14)24-21(26)19-15-3-4-16(6-5-15)20(19)22(24)27/h1-4,7-8,15-16,19-20H,5-6,9-13H2. The minimum absolute atomic E-state index is 0.0637. The lowest BCUT2D eigenvalue weighted by molar-refractivity contribution is -0.134. The smallest absolute Gasteiger partial charge is 0.238 e. The van der Waals surface area contributed by atoms with Crippen molar-refractivity contribution in [2.75, 3.05) is 31.2 Å². The van der Waals surface area contributed by atoms with Crippen LogP contribution in [0.2, 0.25) is 0 Å². The number of anilines is 1. The highest BCUT2D eigenvalue weighted by molar-refractivity contribution is 6.22. The molecule has 3 fully saturated rings. The molecule has 3 aliphatic carbocycles. The monoisotopic (exact) mass is 380 g/mol. The zero-order valence-corrected chi connectivity index (χ0v) is 15.8. The molecule has 0 N–H and O–H groups in total. The number of hydrogen-bond donors (Lipinski definition) is 0. The van der Waals surface area contributed by atoms with Crippen LogP contribution >= 0.6 is 0 Å².